The SMILES string of the molecule is ClCCN(CCCl)c1ccccc1CN1CCOCC1.O=[N+]([O-])c1cc([N+](=O)[O-])c(O)c([N+](=O)[O-])c1. The number of rotatable bonds is 10. The number of alkyl halides is 2. The lowest BCUT2D eigenvalue weighted by atomic mass is 10.1. The number of hydrogen-bond donors (Lipinski definition) is 1. The van der Waals surface area contributed by atoms with Crippen LogP contribution in [0.2, 0.25) is 0 Å². The zero-order chi connectivity index (χ0) is 26.7. The summed E-state index contributed by atoms with van der Waals surface area (Å²) in [6.45, 7) is 6.27. The number of nitro benzene ring substituents is 3. The highest BCUT2D eigenvalue weighted by molar-refractivity contribution is 6.18. The molecule has 0 aromatic heterocycles. The Labute approximate surface area is 216 Å². The number of nitro groups is 3. The van der Waals surface area contributed by atoms with Gasteiger partial charge in [0.1, 0.15) is 0 Å². The van der Waals surface area contributed by atoms with Crippen LogP contribution in [0.25, 0.3) is 0 Å². The number of hydrogen-bond acceptors (Lipinski definition) is 10. The Hall–Kier alpha value is -3.26. The molecule has 0 aliphatic carbocycles. The zero-order valence-electron chi connectivity index (χ0n) is 19.1. The second-order valence-electron chi connectivity index (χ2n) is 7.49. The van der Waals surface area contributed by atoms with Crippen LogP contribution in [-0.2, 0) is 11.3 Å². The zero-order valence-corrected chi connectivity index (χ0v) is 20.6. The Kier molecular flexibility index (Phi) is 11.5. The minimum atomic E-state index is -1.21. The number of phenols is 1. The molecule has 2 aromatic rings. The van der Waals surface area contributed by atoms with Crippen molar-refractivity contribution in [2.45, 2.75) is 6.54 Å². The first-order chi connectivity index (χ1) is 17.2. The predicted octanol–water partition coefficient (Wildman–Crippen LogP) is 3.92. The monoisotopic (exact) mass is 545 g/mol. The molecular weight excluding hydrogens is 521 g/mol. The van der Waals surface area contributed by atoms with Crippen LogP contribution in [0, 0.1) is 30.3 Å². The molecule has 1 saturated heterocycles. The molecule has 13 nitrogen and oxygen atoms in total. The maximum absolute atomic E-state index is 10.4. The summed E-state index contributed by atoms with van der Waals surface area (Å²) in [6.07, 6.45) is 0. The van der Waals surface area contributed by atoms with E-state index >= 15 is 0 Å². The smallest absolute Gasteiger partial charge is 0.324 e. The second-order valence-corrected chi connectivity index (χ2v) is 8.24. The maximum Gasteiger partial charge on any atom is 0.324 e. The third-order valence-electron chi connectivity index (χ3n) is 5.20. The molecule has 0 amide bonds. The van der Waals surface area contributed by atoms with Gasteiger partial charge in [-0.1, -0.05) is 18.2 Å². The van der Waals surface area contributed by atoms with E-state index in [0.717, 1.165) is 45.9 Å². The second kappa shape index (κ2) is 14.3. The van der Waals surface area contributed by atoms with Crippen molar-refractivity contribution in [1.82, 2.24) is 4.90 Å². The lowest BCUT2D eigenvalue weighted by molar-refractivity contribution is -0.404. The summed E-state index contributed by atoms with van der Waals surface area (Å²) in [5.41, 5.74) is -0.414. The summed E-state index contributed by atoms with van der Waals surface area (Å²) >= 11 is 11.8. The summed E-state index contributed by atoms with van der Waals surface area (Å²) in [5, 5.41) is 40.2. The quantitative estimate of drug-likeness (QED) is 0.262. The number of nitrogens with zero attached hydrogens (tertiary/aromatic N) is 5. The normalized spacial score (nSPS) is 13.4. The van der Waals surface area contributed by atoms with Crippen molar-refractivity contribution < 1.29 is 24.6 Å². The van der Waals surface area contributed by atoms with Gasteiger partial charge in [0.05, 0.1) is 40.1 Å². The number of benzene rings is 2. The van der Waals surface area contributed by atoms with E-state index in [-0.39, 0.29) is 0 Å². The molecule has 15 heteroatoms. The van der Waals surface area contributed by atoms with Gasteiger partial charge < -0.3 is 14.7 Å². The van der Waals surface area contributed by atoms with Crippen LogP contribution in [0.4, 0.5) is 22.7 Å². The van der Waals surface area contributed by atoms with Crippen molar-refractivity contribution in [2.75, 3.05) is 56.1 Å². The van der Waals surface area contributed by atoms with Gasteiger partial charge in [-0.2, -0.15) is 0 Å². The molecule has 1 aliphatic heterocycles. The van der Waals surface area contributed by atoms with Crippen molar-refractivity contribution in [1.29, 1.82) is 0 Å². The molecule has 0 bridgehead atoms. The fourth-order valence-corrected chi connectivity index (χ4v) is 3.89. The van der Waals surface area contributed by atoms with Gasteiger partial charge in [-0.05, 0) is 11.6 Å². The maximum atomic E-state index is 10.4. The molecule has 1 heterocycles. The standard InChI is InChI=1S/C15H22Cl2N2O.C6H3N3O7/c16-5-7-19(8-6-17)15-4-2-1-3-14(15)13-18-9-11-20-12-10-18;10-6-4(8(13)14)1-3(7(11)12)2-5(6)9(15)16/h1-4H,5-13H2;1-2,10H. The molecule has 1 fully saturated rings. The molecule has 0 saturated carbocycles. The molecule has 1 aliphatic rings. The summed E-state index contributed by atoms with van der Waals surface area (Å²) in [6, 6.07) is 9.42. The van der Waals surface area contributed by atoms with Gasteiger partial charge >= 0.3 is 11.4 Å². The molecule has 0 spiro atoms. The summed E-state index contributed by atoms with van der Waals surface area (Å²) in [5.74, 6) is 0.0200. The average Bonchev–Trinajstić information content (AvgIpc) is 2.85. The first-order valence-corrected chi connectivity index (χ1v) is 11.8. The number of halogens is 2. The minimum Gasteiger partial charge on any atom is -0.497 e. The largest absolute Gasteiger partial charge is 0.497 e. The van der Waals surface area contributed by atoms with E-state index in [1.807, 2.05) is 0 Å². The van der Waals surface area contributed by atoms with E-state index in [0.29, 0.717) is 23.9 Å². The highest BCUT2D eigenvalue weighted by atomic mass is 35.5. The fourth-order valence-electron chi connectivity index (χ4n) is 3.48. The van der Waals surface area contributed by atoms with Crippen molar-refractivity contribution in [2.24, 2.45) is 0 Å². The number of aromatic hydroxyl groups is 1. The summed E-state index contributed by atoms with van der Waals surface area (Å²) < 4.78 is 5.41. The van der Waals surface area contributed by atoms with E-state index in [1.54, 1.807) is 0 Å². The number of anilines is 1. The number of ether oxygens (including phenoxy) is 1. The summed E-state index contributed by atoms with van der Waals surface area (Å²) in [4.78, 5) is 32.5. The highest BCUT2D eigenvalue weighted by Gasteiger charge is 2.30. The van der Waals surface area contributed by atoms with Crippen molar-refractivity contribution in [3.63, 3.8) is 0 Å². The number of phenolic OH excluding ortho intramolecular Hbond substituents is 1. The van der Waals surface area contributed by atoms with E-state index < -0.39 is 37.6 Å². The number of para-hydroxylation sites is 1. The van der Waals surface area contributed by atoms with E-state index in [9.17, 15) is 30.3 Å². The Morgan fingerprint density at radius 2 is 1.44 bits per heavy atom. The Balaban J connectivity index is 0.000000261. The van der Waals surface area contributed by atoms with Crippen LogP contribution in [-0.4, -0.2) is 75.9 Å². The average molecular weight is 546 g/mol. The van der Waals surface area contributed by atoms with Crippen LogP contribution in [0.15, 0.2) is 36.4 Å². The van der Waals surface area contributed by atoms with Gasteiger partial charge in [0.15, 0.2) is 0 Å². The van der Waals surface area contributed by atoms with Crippen LogP contribution in [0.3, 0.4) is 0 Å². The molecule has 3 rings (SSSR count). The first kappa shape index (κ1) is 29.0. The van der Waals surface area contributed by atoms with Crippen LogP contribution in [0.1, 0.15) is 5.56 Å². The topological polar surface area (TPSA) is 165 Å². The molecule has 2 aromatic carbocycles. The molecular formula is C21H25Cl2N5O8. The third-order valence-corrected chi connectivity index (χ3v) is 5.54. The van der Waals surface area contributed by atoms with Gasteiger partial charge in [0, 0.05) is 50.2 Å². The van der Waals surface area contributed by atoms with Gasteiger partial charge in [0.2, 0.25) is 0 Å². The number of non-ortho nitro benzene ring substituents is 1. The fraction of sp³-hybridized carbons (Fsp3) is 0.429. The Bertz CT molecular complexity index is 1030. The molecule has 0 radical (unpaired) electrons. The Morgan fingerprint density at radius 3 is 1.92 bits per heavy atom. The van der Waals surface area contributed by atoms with Gasteiger partial charge in [0.25, 0.3) is 11.4 Å². The van der Waals surface area contributed by atoms with Crippen molar-refractivity contribution in [3.05, 3.63) is 72.3 Å². The van der Waals surface area contributed by atoms with Crippen LogP contribution in [0.5, 0.6) is 5.75 Å². The molecule has 0 atom stereocenters. The van der Waals surface area contributed by atoms with Crippen LogP contribution >= 0.6 is 23.2 Å². The molecule has 0 unspecified atom stereocenters. The number of morpholine rings is 1. The van der Waals surface area contributed by atoms with Crippen LogP contribution < -0.4 is 4.90 Å². The molecule has 1 N–H and O–H groups in total. The minimum absolute atomic E-state index is 0.447. The van der Waals surface area contributed by atoms with E-state index in [4.69, 9.17) is 33.0 Å². The Morgan fingerprint density at radius 1 is 0.917 bits per heavy atom. The van der Waals surface area contributed by atoms with E-state index in [1.165, 1.54) is 11.3 Å². The lowest BCUT2D eigenvalue weighted by Crippen LogP contribution is -2.36. The highest BCUT2D eigenvalue weighted by Crippen LogP contribution is 2.39. The predicted molar refractivity (Wildman–Crippen MR) is 134 cm³/mol. The summed E-state index contributed by atoms with van der Waals surface area (Å²) in [7, 11) is 0. The lowest BCUT2D eigenvalue weighted by Gasteiger charge is -2.30. The third kappa shape index (κ3) is 8.16. The van der Waals surface area contributed by atoms with Crippen molar-refractivity contribution in [3.8, 4) is 5.75 Å². The molecule has 196 valence electrons. The van der Waals surface area contributed by atoms with Gasteiger partial charge in [-0.15, -0.1) is 23.2 Å². The first-order valence-electron chi connectivity index (χ1n) is 10.7. The van der Waals surface area contributed by atoms with Crippen molar-refractivity contribution >= 4 is 46.0 Å². The van der Waals surface area contributed by atoms with Gasteiger partial charge in [-0.25, -0.2) is 0 Å². The molecule has 36 heavy (non-hydrogen) atoms. The van der Waals surface area contributed by atoms with Gasteiger partial charge in [-0.3, -0.25) is 35.2 Å². The van der Waals surface area contributed by atoms with E-state index in [2.05, 4.69) is 34.1 Å².